The number of rotatable bonds is 2. The summed E-state index contributed by atoms with van der Waals surface area (Å²) in [4.78, 5) is 3.28. The molecule has 0 aliphatic carbocycles. The summed E-state index contributed by atoms with van der Waals surface area (Å²) < 4.78 is 0. The first-order valence-electron chi connectivity index (χ1n) is 4.99. The molecule has 0 saturated heterocycles. The molecule has 0 radical (unpaired) electrons. The molecule has 1 heterocycles. The Labute approximate surface area is 83.6 Å². The lowest BCUT2D eigenvalue weighted by molar-refractivity contribution is 0.174. The molecule has 2 rings (SSSR count). The van der Waals surface area contributed by atoms with Crippen molar-refractivity contribution in [1.82, 2.24) is 4.98 Å². The van der Waals surface area contributed by atoms with Crippen molar-refractivity contribution in [2.45, 2.75) is 26.4 Å². The second-order valence-electron chi connectivity index (χ2n) is 3.63. The van der Waals surface area contributed by atoms with Crippen LogP contribution in [0.4, 0.5) is 0 Å². The fourth-order valence-electron chi connectivity index (χ4n) is 1.93. The predicted octanol–water partition coefficient (Wildman–Crippen LogP) is 2.92. The van der Waals surface area contributed by atoms with Crippen molar-refractivity contribution in [3.05, 3.63) is 35.5 Å². The van der Waals surface area contributed by atoms with Crippen molar-refractivity contribution >= 4 is 10.9 Å². The number of aliphatic hydroxyl groups excluding tert-OH is 1. The van der Waals surface area contributed by atoms with E-state index in [-0.39, 0.29) is 6.10 Å². The lowest BCUT2D eigenvalue weighted by Gasteiger charge is -2.07. The van der Waals surface area contributed by atoms with Gasteiger partial charge in [0.2, 0.25) is 0 Å². The maximum Gasteiger partial charge on any atom is 0.0810 e. The summed E-state index contributed by atoms with van der Waals surface area (Å²) in [7, 11) is 0. The van der Waals surface area contributed by atoms with Crippen molar-refractivity contribution in [2.24, 2.45) is 0 Å². The van der Waals surface area contributed by atoms with Crippen molar-refractivity contribution in [3.8, 4) is 0 Å². The number of benzene rings is 1. The normalized spacial score (nSPS) is 13.4. The average molecular weight is 189 g/mol. The van der Waals surface area contributed by atoms with Gasteiger partial charge in [0, 0.05) is 22.2 Å². The average Bonchev–Trinajstić information content (AvgIpc) is 2.53. The number of fused-ring (bicyclic) bond motifs is 1. The van der Waals surface area contributed by atoms with E-state index in [2.05, 4.69) is 4.98 Å². The van der Waals surface area contributed by atoms with Crippen LogP contribution in [0.15, 0.2) is 24.3 Å². The predicted molar refractivity (Wildman–Crippen MR) is 58.3 cm³/mol. The molecule has 14 heavy (non-hydrogen) atoms. The number of para-hydroxylation sites is 1. The van der Waals surface area contributed by atoms with E-state index in [0.717, 1.165) is 28.6 Å². The van der Waals surface area contributed by atoms with Gasteiger partial charge in [0.1, 0.15) is 0 Å². The number of H-pyrrole nitrogens is 1. The number of aromatic nitrogens is 1. The molecule has 0 aliphatic heterocycles. The van der Waals surface area contributed by atoms with Crippen LogP contribution < -0.4 is 0 Å². The van der Waals surface area contributed by atoms with Gasteiger partial charge in [0.25, 0.3) is 0 Å². The van der Waals surface area contributed by atoms with Gasteiger partial charge in [-0.1, -0.05) is 25.1 Å². The molecule has 2 nitrogen and oxygen atoms in total. The van der Waals surface area contributed by atoms with Crippen molar-refractivity contribution in [2.75, 3.05) is 0 Å². The summed E-state index contributed by atoms with van der Waals surface area (Å²) in [5, 5.41) is 11.0. The third kappa shape index (κ3) is 1.32. The van der Waals surface area contributed by atoms with Crippen LogP contribution in [0.3, 0.4) is 0 Å². The Morgan fingerprint density at radius 1 is 1.36 bits per heavy atom. The van der Waals surface area contributed by atoms with Crippen LogP contribution in [0, 0.1) is 6.92 Å². The first-order valence-corrected chi connectivity index (χ1v) is 4.99. The highest BCUT2D eigenvalue weighted by Gasteiger charge is 2.13. The Balaban J connectivity index is 2.67. The zero-order valence-corrected chi connectivity index (χ0v) is 8.54. The summed E-state index contributed by atoms with van der Waals surface area (Å²) in [5.41, 5.74) is 3.22. The molecule has 0 saturated carbocycles. The molecule has 2 heteroatoms. The number of aromatic amines is 1. The van der Waals surface area contributed by atoms with Gasteiger partial charge in [-0.05, 0) is 19.4 Å². The Bertz CT molecular complexity index is 445. The van der Waals surface area contributed by atoms with Crippen molar-refractivity contribution < 1.29 is 5.11 Å². The first-order chi connectivity index (χ1) is 6.74. The van der Waals surface area contributed by atoms with Crippen LogP contribution in [0.5, 0.6) is 0 Å². The molecule has 0 bridgehead atoms. The maximum absolute atomic E-state index is 9.88. The molecular formula is C12H15NO. The second-order valence-corrected chi connectivity index (χ2v) is 3.63. The Morgan fingerprint density at radius 3 is 2.79 bits per heavy atom. The van der Waals surface area contributed by atoms with Crippen LogP contribution in [0.1, 0.15) is 30.7 Å². The Kier molecular flexibility index (Phi) is 2.30. The van der Waals surface area contributed by atoms with Gasteiger partial charge in [-0.3, -0.25) is 0 Å². The summed E-state index contributed by atoms with van der Waals surface area (Å²) in [5.74, 6) is 0. The molecule has 2 N–H and O–H groups in total. The number of hydrogen-bond acceptors (Lipinski definition) is 1. The molecule has 0 fully saturated rings. The Morgan fingerprint density at radius 2 is 2.07 bits per heavy atom. The summed E-state index contributed by atoms with van der Waals surface area (Å²) >= 11 is 0. The number of nitrogens with one attached hydrogen (secondary N) is 1. The highest BCUT2D eigenvalue weighted by atomic mass is 16.3. The van der Waals surface area contributed by atoms with Gasteiger partial charge in [0.15, 0.2) is 0 Å². The van der Waals surface area contributed by atoms with E-state index in [1.165, 1.54) is 0 Å². The smallest absolute Gasteiger partial charge is 0.0810 e. The van der Waals surface area contributed by atoms with E-state index in [1.54, 1.807) is 0 Å². The van der Waals surface area contributed by atoms with E-state index in [1.807, 2.05) is 38.1 Å². The number of aryl methyl sites for hydroxylation is 1. The third-order valence-electron chi connectivity index (χ3n) is 2.66. The van der Waals surface area contributed by atoms with E-state index in [4.69, 9.17) is 0 Å². The fraction of sp³-hybridized carbons (Fsp3) is 0.333. The van der Waals surface area contributed by atoms with Crippen molar-refractivity contribution in [1.29, 1.82) is 0 Å². The molecular weight excluding hydrogens is 174 g/mol. The molecule has 1 atom stereocenters. The molecule has 0 aliphatic rings. The first kappa shape index (κ1) is 9.28. The van der Waals surface area contributed by atoms with Gasteiger partial charge in [0.05, 0.1) is 6.10 Å². The Hall–Kier alpha value is -1.28. The van der Waals surface area contributed by atoms with Crippen LogP contribution in [-0.2, 0) is 0 Å². The minimum atomic E-state index is -0.355. The third-order valence-corrected chi connectivity index (χ3v) is 2.66. The van der Waals surface area contributed by atoms with Gasteiger partial charge >= 0.3 is 0 Å². The van der Waals surface area contributed by atoms with Crippen LogP contribution in [0.2, 0.25) is 0 Å². The highest BCUT2D eigenvalue weighted by Crippen LogP contribution is 2.28. The number of aliphatic hydroxyl groups is 1. The largest absolute Gasteiger partial charge is 0.388 e. The summed E-state index contributed by atoms with van der Waals surface area (Å²) in [6.07, 6.45) is 0.397. The van der Waals surface area contributed by atoms with Gasteiger partial charge in [-0.25, -0.2) is 0 Å². The van der Waals surface area contributed by atoms with E-state index in [9.17, 15) is 5.11 Å². The summed E-state index contributed by atoms with van der Waals surface area (Å²) in [6.45, 7) is 4.00. The molecule has 1 aromatic carbocycles. The van der Waals surface area contributed by atoms with E-state index >= 15 is 0 Å². The van der Waals surface area contributed by atoms with E-state index < -0.39 is 0 Å². The quantitative estimate of drug-likeness (QED) is 0.748. The zero-order valence-electron chi connectivity index (χ0n) is 8.54. The molecule has 1 aromatic heterocycles. The molecule has 0 amide bonds. The lowest BCUT2D eigenvalue weighted by Crippen LogP contribution is -1.95. The zero-order chi connectivity index (χ0) is 10.1. The van der Waals surface area contributed by atoms with Crippen molar-refractivity contribution in [3.63, 3.8) is 0 Å². The van der Waals surface area contributed by atoms with Crippen LogP contribution >= 0.6 is 0 Å². The maximum atomic E-state index is 9.88. The van der Waals surface area contributed by atoms with Crippen LogP contribution in [-0.4, -0.2) is 10.1 Å². The monoisotopic (exact) mass is 189 g/mol. The second kappa shape index (κ2) is 3.46. The van der Waals surface area contributed by atoms with Gasteiger partial charge in [-0.2, -0.15) is 0 Å². The minimum Gasteiger partial charge on any atom is -0.388 e. The molecule has 0 spiro atoms. The number of hydrogen-bond donors (Lipinski definition) is 2. The molecule has 74 valence electrons. The minimum absolute atomic E-state index is 0.355. The van der Waals surface area contributed by atoms with Gasteiger partial charge < -0.3 is 10.1 Å². The SMILES string of the molecule is CC[C@@H](O)c1c(C)[nH]c2ccccc12. The van der Waals surface area contributed by atoms with E-state index in [0.29, 0.717) is 0 Å². The van der Waals surface area contributed by atoms with Gasteiger partial charge in [-0.15, -0.1) is 0 Å². The summed E-state index contributed by atoms with van der Waals surface area (Å²) in [6, 6.07) is 8.09. The fourth-order valence-corrected chi connectivity index (χ4v) is 1.93. The lowest BCUT2D eigenvalue weighted by atomic mass is 10.0. The molecule has 0 unspecified atom stereocenters. The topological polar surface area (TPSA) is 36.0 Å². The molecule has 2 aromatic rings. The van der Waals surface area contributed by atoms with Crippen LogP contribution in [0.25, 0.3) is 10.9 Å². The highest BCUT2D eigenvalue weighted by molar-refractivity contribution is 5.84. The standard InChI is InChI=1S/C12H15NO/c1-3-11(14)12-8(2)13-10-7-5-4-6-9(10)12/h4-7,11,13-14H,3H2,1-2H3/t11-/m1/s1.